The Morgan fingerprint density at radius 2 is 1.72 bits per heavy atom. The summed E-state index contributed by atoms with van der Waals surface area (Å²) in [5, 5.41) is 3.53. The smallest absolute Gasteiger partial charge is 0.147 e. The molecule has 0 saturated carbocycles. The zero-order chi connectivity index (χ0) is 13.2. The molecule has 0 radical (unpaired) electrons. The Hall–Kier alpha value is -0.760. The maximum Gasteiger partial charge on any atom is 0.147 e. The van der Waals surface area contributed by atoms with Crippen LogP contribution in [0.15, 0.2) is 18.2 Å². The average Bonchev–Trinajstić information content (AvgIpc) is 2.35. The first kappa shape index (κ1) is 15.3. The van der Waals surface area contributed by atoms with Crippen LogP contribution >= 0.6 is 11.6 Å². The van der Waals surface area contributed by atoms with Crippen LogP contribution in [0.5, 0.6) is 0 Å². The van der Waals surface area contributed by atoms with E-state index in [2.05, 4.69) is 12.2 Å². The largest absolute Gasteiger partial charge is 0.381 e. The molecule has 1 nitrogen and oxygen atoms in total. The van der Waals surface area contributed by atoms with Gasteiger partial charge in [-0.15, -0.1) is 0 Å². The highest BCUT2D eigenvalue weighted by molar-refractivity contribution is 6.33. The van der Waals surface area contributed by atoms with Crippen molar-refractivity contribution < 1.29 is 4.39 Å². The summed E-state index contributed by atoms with van der Waals surface area (Å²) < 4.78 is 13.4. The van der Waals surface area contributed by atoms with E-state index in [1.165, 1.54) is 44.6 Å². The fourth-order valence-corrected chi connectivity index (χ4v) is 2.19. The van der Waals surface area contributed by atoms with Gasteiger partial charge in [0.25, 0.3) is 0 Å². The molecule has 18 heavy (non-hydrogen) atoms. The monoisotopic (exact) mass is 271 g/mol. The molecule has 0 bridgehead atoms. The fourth-order valence-electron chi connectivity index (χ4n) is 1.96. The minimum absolute atomic E-state index is 0.273. The highest BCUT2D eigenvalue weighted by atomic mass is 35.5. The summed E-state index contributed by atoms with van der Waals surface area (Å²) in [6, 6.07) is 4.76. The van der Waals surface area contributed by atoms with Gasteiger partial charge in [0.15, 0.2) is 0 Å². The molecule has 0 aliphatic heterocycles. The molecule has 102 valence electrons. The number of benzene rings is 1. The van der Waals surface area contributed by atoms with Crippen LogP contribution < -0.4 is 5.32 Å². The van der Waals surface area contributed by atoms with Crippen molar-refractivity contribution in [3.8, 4) is 0 Å². The van der Waals surface area contributed by atoms with Crippen molar-refractivity contribution in [1.29, 1.82) is 0 Å². The summed E-state index contributed by atoms with van der Waals surface area (Å²) in [5.41, 5.74) is 0.435. The number of hydrogen-bond acceptors (Lipinski definition) is 1. The van der Waals surface area contributed by atoms with Crippen molar-refractivity contribution >= 4 is 17.3 Å². The molecule has 1 rings (SSSR count). The lowest BCUT2D eigenvalue weighted by Crippen LogP contribution is -2.03. The van der Waals surface area contributed by atoms with Crippen molar-refractivity contribution in [2.75, 3.05) is 11.9 Å². The summed E-state index contributed by atoms with van der Waals surface area (Å²) in [5.74, 6) is -0.273. The van der Waals surface area contributed by atoms with Crippen LogP contribution in [-0.2, 0) is 0 Å². The van der Waals surface area contributed by atoms with E-state index in [1.807, 2.05) is 0 Å². The second-order valence-corrected chi connectivity index (χ2v) is 5.05. The van der Waals surface area contributed by atoms with Gasteiger partial charge in [0.2, 0.25) is 0 Å². The number of rotatable bonds is 9. The summed E-state index contributed by atoms with van der Waals surface area (Å²) in [7, 11) is 0. The molecule has 1 N–H and O–H groups in total. The number of anilines is 1. The highest BCUT2D eigenvalue weighted by Crippen LogP contribution is 2.24. The van der Waals surface area contributed by atoms with Gasteiger partial charge in [-0.1, -0.05) is 63.1 Å². The molecule has 0 aliphatic carbocycles. The summed E-state index contributed by atoms with van der Waals surface area (Å²) in [4.78, 5) is 0. The Kier molecular flexibility index (Phi) is 7.83. The van der Waals surface area contributed by atoms with E-state index in [1.54, 1.807) is 12.1 Å². The van der Waals surface area contributed by atoms with Crippen LogP contribution in [0.3, 0.4) is 0 Å². The van der Waals surface area contributed by atoms with Gasteiger partial charge < -0.3 is 5.32 Å². The van der Waals surface area contributed by atoms with E-state index in [0.717, 1.165) is 13.0 Å². The van der Waals surface area contributed by atoms with E-state index in [0.29, 0.717) is 10.7 Å². The molecule has 0 atom stereocenters. The topological polar surface area (TPSA) is 12.0 Å². The first-order chi connectivity index (χ1) is 8.75. The van der Waals surface area contributed by atoms with Crippen molar-refractivity contribution in [3.63, 3.8) is 0 Å². The quantitative estimate of drug-likeness (QED) is 0.573. The number of unbranched alkanes of at least 4 members (excludes halogenated alkanes) is 6. The van der Waals surface area contributed by atoms with E-state index in [-0.39, 0.29) is 5.82 Å². The van der Waals surface area contributed by atoms with Gasteiger partial charge in [-0.25, -0.2) is 4.39 Å². The highest BCUT2D eigenvalue weighted by Gasteiger charge is 2.04. The first-order valence-corrected chi connectivity index (χ1v) is 7.31. The van der Waals surface area contributed by atoms with E-state index in [4.69, 9.17) is 11.6 Å². The fraction of sp³-hybridized carbons (Fsp3) is 0.600. The van der Waals surface area contributed by atoms with Crippen LogP contribution in [0.1, 0.15) is 51.9 Å². The first-order valence-electron chi connectivity index (χ1n) is 6.93. The van der Waals surface area contributed by atoms with E-state index >= 15 is 0 Å². The van der Waals surface area contributed by atoms with Crippen LogP contribution in [0.25, 0.3) is 0 Å². The van der Waals surface area contributed by atoms with E-state index in [9.17, 15) is 4.39 Å². The lowest BCUT2D eigenvalue weighted by Gasteiger charge is -2.09. The molecule has 0 fully saturated rings. The molecule has 1 aromatic carbocycles. The van der Waals surface area contributed by atoms with Crippen molar-refractivity contribution in [2.45, 2.75) is 51.9 Å². The van der Waals surface area contributed by atoms with Crippen LogP contribution in [0.4, 0.5) is 10.1 Å². The minimum atomic E-state index is -0.273. The van der Waals surface area contributed by atoms with Gasteiger partial charge >= 0.3 is 0 Å². The maximum atomic E-state index is 13.4. The minimum Gasteiger partial charge on any atom is -0.381 e. The van der Waals surface area contributed by atoms with Crippen LogP contribution in [0.2, 0.25) is 5.02 Å². The van der Waals surface area contributed by atoms with Gasteiger partial charge in [-0.3, -0.25) is 0 Å². The van der Waals surface area contributed by atoms with Gasteiger partial charge in [0.1, 0.15) is 5.82 Å². The Balaban J connectivity index is 2.11. The van der Waals surface area contributed by atoms with Crippen molar-refractivity contribution in [3.05, 3.63) is 29.0 Å². The molecule has 0 amide bonds. The molecule has 0 heterocycles. The predicted molar refractivity (Wildman–Crippen MR) is 77.9 cm³/mol. The van der Waals surface area contributed by atoms with Crippen LogP contribution in [0, 0.1) is 5.82 Å². The third-order valence-corrected chi connectivity index (χ3v) is 3.36. The molecule has 0 unspecified atom stereocenters. The lowest BCUT2D eigenvalue weighted by atomic mass is 10.1. The molecular formula is C15H23ClFN. The summed E-state index contributed by atoms with van der Waals surface area (Å²) in [6.07, 6.45) is 8.81. The molecule has 1 aromatic rings. The zero-order valence-corrected chi connectivity index (χ0v) is 11.9. The number of nitrogens with one attached hydrogen (secondary N) is 1. The number of halogens is 2. The third kappa shape index (κ3) is 5.72. The molecule has 0 aromatic heterocycles. The molecular weight excluding hydrogens is 249 g/mol. The van der Waals surface area contributed by atoms with Gasteiger partial charge in [-0.05, 0) is 18.6 Å². The normalized spacial score (nSPS) is 10.6. The summed E-state index contributed by atoms with van der Waals surface area (Å²) >= 11 is 5.92. The predicted octanol–water partition coefficient (Wildman–Crippen LogP) is 5.64. The van der Waals surface area contributed by atoms with Crippen molar-refractivity contribution in [2.24, 2.45) is 0 Å². The molecule has 0 aliphatic rings. The van der Waals surface area contributed by atoms with Crippen LogP contribution in [-0.4, -0.2) is 6.54 Å². The van der Waals surface area contributed by atoms with Crippen molar-refractivity contribution in [1.82, 2.24) is 0 Å². The number of hydrogen-bond donors (Lipinski definition) is 1. The second kappa shape index (κ2) is 9.21. The lowest BCUT2D eigenvalue weighted by molar-refractivity contribution is 0.594. The summed E-state index contributed by atoms with van der Waals surface area (Å²) in [6.45, 7) is 3.01. The van der Waals surface area contributed by atoms with Gasteiger partial charge in [0.05, 0.1) is 10.7 Å². The molecule has 0 saturated heterocycles. The Bertz CT molecular complexity index is 321. The molecule has 0 spiro atoms. The third-order valence-electron chi connectivity index (χ3n) is 3.04. The Morgan fingerprint density at radius 3 is 2.39 bits per heavy atom. The zero-order valence-electron chi connectivity index (χ0n) is 11.1. The average molecular weight is 272 g/mol. The van der Waals surface area contributed by atoms with Gasteiger partial charge in [0, 0.05) is 6.54 Å². The Morgan fingerprint density at radius 1 is 1.06 bits per heavy atom. The number of para-hydroxylation sites is 1. The van der Waals surface area contributed by atoms with Gasteiger partial charge in [-0.2, -0.15) is 0 Å². The second-order valence-electron chi connectivity index (χ2n) is 4.64. The standard InChI is InChI=1S/C15H23ClFN/c1-2-3-4-5-6-7-8-12-18-15-13(16)10-9-11-14(15)17/h9-11,18H,2-8,12H2,1H3. The maximum absolute atomic E-state index is 13.4. The van der Waals surface area contributed by atoms with E-state index < -0.39 is 0 Å². The molecule has 3 heteroatoms. The SMILES string of the molecule is CCCCCCCCCNc1c(F)cccc1Cl. The Labute approximate surface area is 115 Å².